The second-order valence-electron chi connectivity index (χ2n) is 7.04. The smallest absolute Gasteiger partial charge is 0.230 e. The maximum Gasteiger partial charge on any atom is 0.230 e. The minimum atomic E-state index is -0.918. The zero-order valence-electron chi connectivity index (χ0n) is 16.1. The molecule has 1 atom stereocenters. The van der Waals surface area contributed by atoms with Crippen molar-refractivity contribution >= 4 is 16.3 Å². The van der Waals surface area contributed by atoms with E-state index in [1.54, 1.807) is 6.07 Å². The highest BCUT2D eigenvalue weighted by Crippen LogP contribution is 2.40. The first kappa shape index (κ1) is 20.1. The van der Waals surface area contributed by atoms with Gasteiger partial charge < -0.3 is 10.2 Å². The normalized spacial score (nSPS) is 17.2. The highest BCUT2D eigenvalue weighted by molar-refractivity contribution is 7.17. The lowest BCUT2D eigenvalue weighted by molar-refractivity contribution is 0.0944. The third kappa shape index (κ3) is 3.85. The second kappa shape index (κ2) is 8.31. The maximum absolute atomic E-state index is 14.0. The van der Waals surface area contributed by atoms with Crippen molar-refractivity contribution in [3.63, 3.8) is 0 Å². The van der Waals surface area contributed by atoms with Crippen LogP contribution in [0.2, 0.25) is 0 Å². The highest BCUT2D eigenvalue weighted by atomic mass is 32.1. The van der Waals surface area contributed by atoms with Crippen molar-refractivity contribution in [2.24, 2.45) is 0 Å². The molecule has 1 aliphatic heterocycles. The topological polar surface area (TPSA) is 77.1 Å². The molecule has 1 saturated heterocycles. The summed E-state index contributed by atoms with van der Waals surface area (Å²) in [5, 5.41) is 24.3. The van der Waals surface area contributed by atoms with E-state index in [9.17, 15) is 13.9 Å². The van der Waals surface area contributed by atoms with Gasteiger partial charge in [0.25, 0.3) is 0 Å². The lowest BCUT2D eigenvalue weighted by Crippen LogP contribution is -2.48. The van der Waals surface area contributed by atoms with Crippen molar-refractivity contribution in [2.45, 2.75) is 19.4 Å². The maximum atomic E-state index is 14.0. The Morgan fingerprint density at radius 3 is 2.55 bits per heavy atom. The number of fused-ring (bicyclic) bond motifs is 1. The number of aliphatic hydroxyl groups is 1. The van der Waals surface area contributed by atoms with E-state index in [1.807, 2.05) is 6.92 Å². The predicted octanol–water partition coefficient (Wildman–Crippen LogP) is 2.04. The number of aryl methyl sites for hydroxylation is 1. The Balaban J connectivity index is 1.73. The van der Waals surface area contributed by atoms with Crippen molar-refractivity contribution in [2.75, 3.05) is 39.3 Å². The summed E-state index contributed by atoms with van der Waals surface area (Å²) in [6, 6.07) is 3.41. The summed E-state index contributed by atoms with van der Waals surface area (Å²) in [6.07, 6.45) is 0.655. The average Bonchev–Trinajstić information content (AvgIpc) is 3.26. The van der Waals surface area contributed by atoms with E-state index in [-0.39, 0.29) is 12.5 Å². The van der Waals surface area contributed by atoms with Crippen molar-refractivity contribution < 1.29 is 19.0 Å². The van der Waals surface area contributed by atoms with Gasteiger partial charge in [0.1, 0.15) is 0 Å². The van der Waals surface area contributed by atoms with E-state index in [0.717, 1.165) is 19.2 Å². The van der Waals surface area contributed by atoms with Gasteiger partial charge in [0, 0.05) is 39.1 Å². The van der Waals surface area contributed by atoms with E-state index in [1.165, 1.54) is 21.9 Å². The standard InChI is InChI=1S/C19H23F2N5O2S/c1-2-15-22-19-26(23-15)18(28)17(29-19)16(12-3-4-13(20)14(21)11-12)25-7-5-24(6-8-25)9-10-27/h3-4,11,16,27-28H,2,5-10H2,1H3/t16-/m1/s1. The van der Waals surface area contributed by atoms with E-state index >= 15 is 0 Å². The van der Waals surface area contributed by atoms with Crippen molar-refractivity contribution in [3.05, 3.63) is 46.1 Å². The van der Waals surface area contributed by atoms with Gasteiger partial charge in [-0.05, 0) is 17.7 Å². The van der Waals surface area contributed by atoms with Gasteiger partial charge in [-0.15, -0.1) is 5.10 Å². The Morgan fingerprint density at radius 1 is 1.17 bits per heavy atom. The summed E-state index contributed by atoms with van der Waals surface area (Å²) in [5.74, 6) is -1.21. The van der Waals surface area contributed by atoms with Gasteiger partial charge in [0.2, 0.25) is 10.8 Å². The molecule has 1 aliphatic rings. The Hall–Kier alpha value is -2.14. The van der Waals surface area contributed by atoms with Gasteiger partial charge in [-0.2, -0.15) is 4.52 Å². The lowest BCUT2D eigenvalue weighted by atomic mass is 10.0. The Morgan fingerprint density at radius 2 is 1.93 bits per heavy atom. The molecule has 2 N–H and O–H groups in total. The molecular weight excluding hydrogens is 400 g/mol. The van der Waals surface area contributed by atoms with Crippen LogP contribution in [0.5, 0.6) is 5.88 Å². The summed E-state index contributed by atoms with van der Waals surface area (Å²) in [6.45, 7) is 5.44. The molecule has 3 heterocycles. The van der Waals surface area contributed by atoms with E-state index < -0.39 is 17.7 Å². The van der Waals surface area contributed by atoms with E-state index in [0.29, 0.717) is 47.3 Å². The van der Waals surface area contributed by atoms with Crippen LogP contribution < -0.4 is 0 Å². The monoisotopic (exact) mass is 423 g/mol. The largest absolute Gasteiger partial charge is 0.492 e. The quantitative estimate of drug-likeness (QED) is 0.632. The van der Waals surface area contributed by atoms with E-state index in [4.69, 9.17) is 5.11 Å². The number of hydrogen-bond donors (Lipinski definition) is 2. The molecule has 0 amide bonds. The molecular formula is C19H23F2N5O2S. The number of halogens is 2. The molecule has 0 radical (unpaired) electrons. The predicted molar refractivity (Wildman–Crippen MR) is 105 cm³/mol. The fraction of sp³-hybridized carbons (Fsp3) is 0.474. The summed E-state index contributed by atoms with van der Waals surface area (Å²) in [7, 11) is 0. The number of aromatic nitrogens is 3. The minimum absolute atomic E-state index is 0.0234. The van der Waals surface area contributed by atoms with Gasteiger partial charge in [-0.25, -0.2) is 13.8 Å². The number of thiazole rings is 1. The zero-order chi connectivity index (χ0) is 20.5. The van der Waals surface area contributed by atoms with Gasteiger partial charge in [-0.3, -0.25) is 9.80 Å². The Bertz CT molecular complexity index is 1000. The highest BCUT2D eigenvalue weighted by Gasteiger charge is 2.32. The van der Waals surface area contributed by atoms with Gasteiger partial charge in [0.15, 0.2) is 17.5 Å². The molecule has 29 heavy (non-hydrogen) atoms. The zero-order valence-corrected chi connectivity index (χ0v) is 16.9. The van der Waals surface area contributed by atoms with Crippen LogP contribution in [0.15, 0.2) is 18.2 Å². The van der Waals surface area contributed by atoms with Crippen LogP contribution in [0.1, 0.15) is 29.2 Å². The van der Waals surface area contributed by atoms with Crippen LogP contribution in [0.3, 0.4) is 0 Å². The fourth-order valence-electron chi connectivity index (χ4n) is 3.72. The van der Waals surface area contributed by atoms with Gasteiger partial charge in [-0.1, -0.05) is 24.3 Å². The van der Waals surface area contributed by atoms with Crippen LogP contribution in [-0.2, 0) is 6.42 Å². The first-order valence-electron chi connectivity index (χ1n) is 9.61. The van der Waals surface area contributed by atoms with Gasteiger partial charge in [0.05, 0.1) is 17.5 Å². The summed E-state index contributed by atoms with van der Waals surface area (Å²) < 4.78 is 29.0. The van der Waals surface area contributed by atoms with Gasteiger partial charge >= 0.3 is 0 Å². The third-order valence-electron chi connectivity index (χ3n) is 5.26. The third-order valence-corrected chi connectivity index (χ3v) is 6.33. The molecule has 156 valence electrons. The number of nitrogens with zero attached hydrogens (tertiary/aromatic N) is 5. The van der Waals surface area contributed by atoms with Crippen molar-refractivity contribution in [1.82, 2.24) is 24.4 Å². The first-order valence-corrected chi connectivity index (χ1v) is 10.4. The first-order chi connectivity index (χ1) is 14.0. The van der Waals surface area contributed by atoms with E-state index in [2.05, 4.69) is 19.9 Å². The SMILES string of the molecule is CCc1nc2sc([C@@H](c3ccc(F)c(F)c3)N3CCN(CCO)CC3)c(O)n2n1. The van der Waals surface area contributed by atoms with Crippen LogP contribution in [0, 0.1) is 11.6 Å². The molecule has 3 aromatic rings. The molecule has 4 rings (SSSR count). The summed E-state index contributed by atoms with van der Waals surface area (Å²) >= 11 is 1.31. The molecule has 0 bridgehead atoms. The number of piperazine rings is 1. The number of β-amino-alcohol motifs (C(OH)–C–C–N with tert-alkyl or cyclic N) is 1. The molecule has 2 aromatic heterocycles. The van der Waals surface area contributed by atoms with Crippen molar-refractivity contribution in [1.29, 1.82) is 0 Å². The number of hydrogen-bond acceptors (Lipinski definition) is 7. The average molecular weight is 423 g/mol. The Labute approximate surface area is 170 Å². The molecule has 1 aromatic carbocycles. The second-order valence-corrected chi connectivity index (χ2v) is 8.05. The van der Waals surface area contributed by atoms with Crippen LogP contribution in [0.25, 0.3) is 4.96 Å². The van der Waals surface area contributed by atoms with Crippen LogP contribution in [0.4, 0.5) is 8.78 Å². The number of rotatable bonds is 6. The van der Waals surface area contributed by atoms with Crippen LogP contribution >= 0.6 is 11.3 Å². The molecule has 0 spiro atoms. The summed E-state index contributed by atoms with van der Waals surface area (Å²) in [5.41, 5.74) is 0.565. The Kier molecular flexibility index (Phi) is 5.77. The molecule has 7 nitrogen and oxygen atoms in total. The molecule has 10 heteroatoms. The lowest BCUT2D eigenvalue weighted by Gasteiger charge is -2.39. The molecule has 1 fully saturated rings. The molecule has 0 saturated carbocycles. The fourth-order valence-corrected chi connectivity index (χ4v) is 4.85. The molecule has 0 aliphatic carbocycles. The van der Waals surface area contributed by atoms with Crippen molar-refractivity contribution in [3.8, 4) is 5.88 Å². The molecule has 0 unspecified atom stereocenters. The number of aromatic hydroxyl groups is 1. The van der Waals surface area contributed by atoms with Crippen LogP contribution in [-0.4, -0.2) is 73.9 Å². The number of aliphatic hydroxyl groups excluding tert-OH is 1. The minimum Gasteiger partial charge on any atom is -0.492 e. The summed E-state index contributed by atoms with van der Waals surface area (Å²) in [4.78, 5) is 9.87. The number of benzene rings is 1.